The van der Waals surface area contributed by atoms with E-state index < -0.39 is 0 Å². The highest BCUT2D eigenvalue weighted by atomic mass is 35.5. The smallest absolute Gasteiger partial charge is 0.275 e. The second kappa shape index (κ2) is 5.09. The molecule has 1 atom stereocenters. The molecule has 0 radical (unpaired) electrons. The van der Waals surface area contributed by atoms with Crippen molar-refractivity contribution in [2.24, 2.45) is 12.2 Å². The Morgan fingerprint density at radius 2 is 2.10 bits per heavy atom. The number of hydrogen-bond donors (Lipinski definition) is 0. The molecule has 3 rings (SSSR count). The predicted molar refractivity (Wildman–Crippen MR) is 75.9 cm³/mol. The molecule has 0 saturated heterocycles. The molecule has 1 aliphatic heterocycles. The van der Waals surface area contributed by atoms with Gasteiger partial charge in [-0.05, 0) is 11.6 Å². The fraction of sp³-hybridized carbons (Fsp3) is 0.214. The van der Waals surface area contributed by atoms with Crippen molar-refractivity contribution in [3.05, 3.63) is 63.0 Å². The van der Waals surface area contributed by atoms with Crippen LogP contribution in [0.4, 0.5) is 0 Å². The second-order valence-corrected chi connectivity index (χ2v) is 4.94. The number of aromatic nitrogens is 2. The summed E-state index contributed by atoms with van der Waals surface area (Å²) in [5.74, 6) is 0. The van der Waals surface area contributed by atoms with E-state index in [0.717, 1.165) is 5.56 Å². The molecule has 5 nitrogen and oxygen atoms in total. The van der Waals surface area contributed by atoms with E-state index in [1.165, 1.54) is 10.7 Å². The van der Waals surface area contributed by atoms with Crippen LogP contribution in [0.1, 0.15) is 23.7 Å². The van der Waals surface area contributed by atoms with Crippen LogP contribution in [0.2, 0.25) is 5.15 Å². The van der Waals surface area contributed by atoms with Gasteiger partial charge in [0.15, 0.2) is 11.3 Å². The van der Waals surface area contributed by atoms with Gasteiger partial charge in [-0.25, -0.2) is 4.68 Å². The van der Waals surface area contributed by atoms with Gasteiger partial charge in [0.05, 0.1) is 11.3 Å². The zero-order valence-corrected chi connectivity index (χ0v) is 11.5. The molecule has 0 saturated carbocycles. The van der Waals surface area contributed by atoms with Gasteiger partial charge in [0.2, 0.25) is 0 Å². The van der Waals surface area contributed by atoms with E-state index >= 15 is 0 Å². The fourth-order valence-corrected chi connectivity index (χ4v) is 2.38. The lowest BCUT2D eigenvalue weighted by molar-refractivity contribution is 0.0857. The average molecular weight is 290 g/mol. The Kier molecular flexibility index (Phi) is 3.28. The minimum Gasteiger partial charge on any atom is -0.387 e. The summed E-state index contributed by atoms with van der Waals surface area (Å²) in [7, 11) is 1.56. The third-order valence-electron chi connectivity index (χ3n) is 3.18. The van der Waals surface area contributed by atoms with E-state index in [-0.39, 0.29) is 16.8 Å². The Bertz CT molecular complexity index is 725. The van der Waals surface area contributed by atoms with Gasteiger partial charge < -0.3 is 4.84 Å². The molecular formula is C14H12ClN3O2. The predicted octanol–water partition coefficient (Wildman–Crippen LogP) is 2.30. The molecule has 1 aromatic heterocycles. The summed E-state index contributed by atoms with van der Waals surface area (Å²) in [5, 5.41) is 8.14. The first-order valence-electron chi connectivity index (χ1n) is 6.17. The molecule has 0 fully saturated rings. The first-order valence-corrected chi connectivity index (χ1v) is 6.55. The molecule has 2 aromatic rings. The van der Waals surface area contributed by atoms with Gasteiger partial charge in [-0.1, -0.05) is 47.1 Å². The second-order valence-electron chi connectivity index (χ2n) is 4.56. The Morgan fingerprint density at radius 1 is 1.35 bits per heavy atom. The van der Waals surface area contributed by atoms with Crippen LogP contribution in [0.15, 0.2) is 46.3 Å². The lowest BCUT2D eigenvalue weighted by atomic mass is 10.0. The van der Waals surface area contributed by atoms with E-state index in [2.05, 4.69) is 10.3 Å². The minimum absolute atomic E-state index is 0.164. The molecule has 1 aromatic carbocycles. The standard InChI is InChI=1S/C14H12ClN3O2/c1-18-14(19)10(7-13(15)16-18)11-8-12(20-17-11)9-5-3-2-4-6-9/h2-7,12H,8H2,1H3. The van der Waals surface area contributed by atoms with Crippen molar-refractivity contribution in [2.75, 3.05) is 0 Å². The van der Waals surface area contributed by atoms with Crippen molar-refractivity contribution in [1.29, 1.82) is 0 Å². The molecule has 6 heteroatoms. The van der Waals surface area contributed by atoms with E-state index in [4.69, 9.17) is 16.4 Å². The first-order chi connectivity index (χ1) is 9.65. The maximum Gasteiger partial charge on any atom is 0.275 e. The number of aryl methyl sites for hydroxylation is 1. The third-order valence-corrected chi connectivity index (χ3v) is 3.37. The molecule has 1 aliphatic rings. The number of rotatable bonds is 2. The van der Waals surface area contributed by atoms with Crippen LogP contribution in [0, 0.1) is 0 Å². The molecule has 0 bridgehead atoms. The van der Waals surface area contributed by atoms with Gasteiger partial charge in [0.25, 0.3) is 5.56 Å². The van der Waals surface area contributed by atoms with Crippen LogP contribution < -0.4 is 5.56 Å². The quantitative estimate of drug-likeness (QED) is 0.852. The maximum absolute atomic E-state index is 12.1. The molecule has 1 unspecified atom stereocenters. The van der Waals surface area contributed by atoms with Gasteiger partial charge >= 0.3 is 0 Å². The fourth-order valence-electron chi connectivity index (χ4n) is 2.16. The lowest BCUT2D eigenvalue weighted by Gasteiger charge is -2.07. The number of oxime groups is 1. The SMILES string of the molecule is Cn1nc(Cl)cc(C2=NOC(c3ccccc3)C2)c1=O. The van der Waals surface area contributed by atoms with Crippen LogP contribution in [-0.4, -0.2) is 15.5 Å². The number of benzene rings is 1. The van der Waals surface area contributed by atoms with Crippen LogP contribution in [0.3, 0.4) is 0 Å². The summed E-state index contributed by atoms with van der Waals surface area (Å²) in [4.78, 5) is 17.5. The van der Waals surface area contributed by atoms with Gasteiger partial charge in [-0.2, -0.15) is 5.10 Å². The van der Waals surface area contributed by atoms with Crippen LogP contribution >= 0.6 is 11.6 Å². The zero-order chi connectivity index (χ0) is 14.1. The average Bonchev–Trinajstić information content (AvgIpc) is 2.93. The van der Waals surface area contributed by atoms with Crippen molar-refractivity contribution in [3.63, 3.8) is 0 Å². The van der Waals surface area contributed by atoms with Crippen LogP contribution in [0.5, 0.6) is 0 Å². The van der Waals surface area contributed by atoms with Crippen molar-refractivity contribution in [3.8, 4) is 0 Å². The number of nitrogens with zero attached hydrogens (tertiary/aromatic N) is 3. The lowest BCUT2D eigenvalue weighted by Crippen LogP contribution is -2.26. The Balaban J connectivity index is 1.90. The number of hydrogen-bond acceptors (Lipinski definition) is 4. The molecule has 0 aliphatic carbocycles. The summed E-state index contributed by atoms with van der Waals surface area (Å²) >= 11 is 5.89. The largest absolute Gasteiger partial charge is 0.387 e. The molecule has 20 heavy (non-hydrogen) atoms. The summed E-state index contributed by atoms with van der Waals surface area (Å²) in [6, 6.07) is 11.3. The van der Waals surface area contributed by atoms with Crippen LogP contribution in [0.25, 0.3) is 0 Å². The molecule has 0 N–H and O–H groups in total. The minimum atomic E-state index is -0.231. The third kappa shape index (κ3) is 2.32. The first kappa shape index (κ1) is 12.9. The topological polar surface area (TPSA) is 56.5 Å². The summed E-state index contributed by atoms with van der Waals surface area (Å²) in [5.41, 5.74) is 1.84. The van der Waals surface area contributed by atoms with E-state index in [0.29, 0.717) is 17.7 Å². The van der Waals surface area contributed by atoms with Crippen LogP contribution in [-0.2, 0) is 11.9 Å². The normalized spacial score (nSPS) is 17.7. The highest BCUT2D eigenvalue weighted by Gasteiger charge is 2.26. The Labute approximate surface area is 120 Å². The summed E-state index contributed by atoms with van der Waals surface area (Å²) in [6.45, 7) is 0. The highest BCUT2D eigenvalue weighted by Crippen LogP contribution is 2.28. The van der Waals surface area contributed by atoms with Gasteiger partial charge in [0.1, 0.15) is 0 Å². The number of halogens is 1. The Morgan fingerprint density at radius 3 is 2.85 bits per heavy atom. The molecular weight excluding hydrogens is 278 g/mol. The maximum atomic E-state index is 12.1. The van der Waals surface area contributed by atoms with Crippen molar-refractivity contribution in [1.82, 2.24) is 9.78 Å². The van der Waals surface area contributed by atoms with Gasteiger partial charge in [0, 0.05) is 13.5 Å². The van der Waals surface area contributed by atoms with E-state index in [9.17, 15) is 4.79 Å². The van der Waals surface area contributed by atoms with Crippen molar-refractivity contribution >= 4 is 17.3 Å². The molecule has 0 spiro atoms. The summed E-state index contributed by atoms with van der Waals surface area (Å²) < 4.78 is 1.20. The summed E-state index contributed by atoms with van der Waals surface area (Å²) in [6.07, 6.45) is 0.377. The van der Waals surface area contributed by atoms with Crippen molar-refractivity contribution < 1.29 is 4.84 Å². The highest BCUT2D eigenvalue weighted by molar-refractivity contribution is 6.29. The van der Waals surface area contributed by atoms with E-state index in [1.54, 1.807) is 7.05 Å². The van der Waals surface area contributed by atoms with Crippen molar-refractivity contribution in [2.45, 2.75) is 12.5 Å². The van der Waals surface area contributed by atoms with E-state index in [1.807, 2.05) is 30.3 Å². The van der Waals surface area contributed by atoms with Gasteiger partial charge in [-0.15, -0.1) is 0 Å². The molecule has 2 heterocycles. The molecule has 102 valence electrons. The van der Waals surface area contributed by atoms with Gasteiger partial charge in [-0.3, -0.25) is 4.79 Å². The monoisotopic (exact) mass is 289 g/mol. The molecule has 0 amide bonds. The zero-order valence-electron chi connectivity index (χ0n) is 10.8. The Hall–Kier alpha value is -2.14.